The van der Waals surface area contributed by atoms with Crippen molar-refractivity contribution < 1.29 is 9.53 Å². The summed E-state index contributed by atoms with van der Waals surface area (Å²) in [4.78, 5) is 12.0. The first-order chi connectivity index (χ1) is 8.71. The molecule has 0 aliphatic carbocycles. The van der Waals surface area contributed by atoms with Gasteiger partial charge >= 0.3 is 0 Å². The van der Waals surface area contributed by atoms with Crippen molar-refractivity contribution in [2.75, 3.05) is 0 Å². The third kappa shape index (κ3) is 4.98. The van der Waals surface area contributed by atoms with E-state index in [2.05, 4.69) is 15.9 Å². The van der Waals surface area contributed by atoms with Gasteiger partial charge in [0.15, 0.2) is 5.78 Å². The number of ether oxygens (including phenoxy) is 1. The fourth-order valence-electron chi connectivity index (χ4n) is 1.80. The Hall–Kier alpha value is -0.830. The molecule has 0 heterocycles. The summed E-state index contributed by atoms with van der Waals surface area (Å²) in [5.74, 6) is 1.08. The van der Waals surface area contributed by atoms with Gasteiger partial charge in [0.2, 0.25) is 0 Å². The van der Waals surface area contributed by atoms with Crippen LogP contribution in [-0.2, 0) is 11.2 Å². The lowest BCUT2D eigenvalue weighted by Crippen LogP contribution is -2.30. The van der Waals surface area contributed by atoms with Gasteiger partial charge in [-0.2, -0.15) is 0 Å². The van der Waals surface area contributed by atoms with E-state index >= 15 is 0 Å². The molecule has 0 aromatic heterocycles. The van der Waals surface area contributed by atoms with E-state index in [4.69, 9.17) is 4.74 Å². The lowest BCUT2D eigenvalue weighted by atomic mass is 9.87. The fraction of sp³-hybridized carbons (Fsp3) is 0.562. The van der Waals surface area contributed by atoms with Crippen molar-refractivity contribution in [1.29, 1.82) is 0 Å². The van der Waals surface area contributed by atoms with E-state index < -0.39 is 0 Å². The summed E-state index contributed by atoms with van der Waals surface area (Å²) in [5.41, 5.74) is 0.734. The number of rotatable bonds is 5. The summed E-state index contributed by atoms with van der Waals surface area (Å²) >= 11 is 3.51. The van der Waals surface area contributed by atoms with Gasteiger partial charge in [0.1, 0.15) is 5.75 Å². The highest BCUT2D eigenvalue weighted by atomic mass is 79.9. The molecule has 1 atom stereocenters. The van der Waals surface area contributed by atoms with Crippen molar-refractivity contribution >= 4 is 21.7 Å². The van der Waals surface area contributed by atoms with Crippen LogP contribution in [0.2, 0.25) is 0 Å². The van der Waals surface area contributed by atoms with Crippen LogP contribution in [0.3, 0.4) is 0 Å². The van der Waals surface area contributed by atoms with E-state index in [1.165, 1.54) is 0 Å². The highest BCUT2D eigenvalue weighted by Crippen LogP contribution is 2.27. The van der Waals surface area contributed by atoms with E-state index in [0.29, 0.717) is 6.42 Å². The Balaban J connectivity index is 2.85. The van der Waals surface area contributed by atoms with Gasteiger partial charge in [-0.05, 0) is 31.9 Å². The highest BCUT2D eigenvalue weighted by Gasteiger charge is 2.28. The number of hydrogen-bond donors (Lipinski definition) is 0. The Labute approximate surface area is 124 Å². The minimum atomic E-state index is -0.331. The summed E-state index contributed by atoms with van der Waals surface area (Å²) in [6.45, 7) is 9.84. The predicted molar refractivity (Wildman–Crippen MR) is 83.1 cm³/mol. The van der Waals surface area contributed by atoms with Crippen LogP contribution >= 0.6 is 15.9 Å². The molecule has 0 bridgehead atoms. The van der Waals surface area contributed by atoms with E-state index in [0.717, 1.165) is 11.3 Å². The van der Waals surface area contributed by atoms with Crippen molar-refractivity contribution in [3.63, 3.8) is 0 Å². The maximum Gasteiger partial charge on any atom is 0.152 e. The van der Waals surface area contributed by atoms with Gasteiger partial charge in [0.05, 0.1) is 10.9 Å². The van der Waals surface area contributed by atoms with Crippen LogP contribution in [0.4, 0.5) is 0 Å². The number of alkyl halides is 1. The number of carbonyl (C=O) groups is 1. The molecule has 0 N–H and O–H groups in total. The fourth-order valence-corrected chi connectivity index (χ4v) is 2.83. The van der Waals surface area contributed by atoms with Crippen LogP contribution in [0.5, 0.6) is 5.75 Å². The van der Waals surface area contributed by atoms with Gasteiger partial charge in [0, 0.05) is 5.41 Å². The number of halogens is 1. The molecule has 19 heavy (non-hydrogen) atoms. The Morgan fingerprint density at radius 3 is 2.37 bits per heavy atom. The molecular weight excluding hydrogens is 304 g/mol. The molecule has 3 heteroatoms. The first kappa shape index (κ1) is 16.2. The van der Waals surface area contributed by atoms with E-state index in [1.807, 2.05) is 58.9 Å². The average Bonchev–Trinajstić information content (AvgIpc) is 2.28. The molecule has 0 saturated heterocycles. The molecular formula is C16H23BrO2. The molecule has 1 unspecified atom stereocenters. The first-order valence-corrected chi connectivity index (χ1v) is 7.56. The zero-order valence-electron chi connectivity index (χ0n) is 12.4. The van der Waals surface area contributed by atoms with Crippen LogP contribution in [0, 0.1) is 5.41 Å². The monoisotopic (exact) mass is 326 g/mol. The second-order valence-electron chi connectivity index (χ2n) is 6.06. The van der Waals surface area contributed by atoms with Gasteiger partial charge in [0.25, 0.3) is 0 Å². The second kappa shape index (κ2) is 6.56. The smallest absolute Gasteiger partial charge is 0.152 e. The first-order valence-electron chi connectivity index (χ1n) is 6.64. The molecule has 106 valence electrons. The summed E-state index contributed by atoms with van der Waals surface area (Å²) in [6, 6.07) is 7.90. The van der Waals surface area contributed by atoms with E-state index in [1.54, 1.807) is 0 Å². The molecule has 0 spiro atoms. The number of hydrogen-bond acceptors (Lipinski definition) is 2. The third-order valence-electron chi connectivity index (χ3n) is 2.76. The van der Waals surface area contributed by atoms with Crippen molar-refractivity contribution in [3.8, 4) is 5.75 Å². The van der Waals surface area contributed by atoms with E-state index in [9.17, 15) is 4.79 Å². The largest absolute Gasteiger partial charge is 0.491 e. The predicted octanol–water partition coefficient (Wildman–Crippen LogP) is 4.40. The third-order valence-corrected chi connectivity index (χ3v) is 3.50. The van der Waals surface area contributed by atoms with Gasteiger partial charge in [-0.3, -0.25) is 4.79 Å². The Morgan fingerprint density at radius 2 is 1.84 bits per heavy atom. The number of para-hydroxylation sites is 1. The van der Waals surface area contributed by atoms with Gasteiger partial charge in [-0.1, -0.05) is 54.9 Å². The molecule has 0 aliphatic rings. The highest BCUT2D eigenvalue weighted by molar-refractivity contribution is 9.10. The topological polar surface area (TPSA) is 26.3 Å². The molecule has 1 rings (SSSR count). The van der Waals surface area contributed by atoms with Gasteiger partial charge < -0.3 is 4.74 Å². The maximum absolute atomic E-state index is 12.2. The molecule has 0 fully saturated rings. The Bertz CT molecular complexity index is 433. The van der Waals surface area contributed by atoms with E-state index in [-0.39, 0.29) is 22.1 Å². The number of Topliss-reactive ketones (excluding diaryl/α,β-unsaturated/α-hetero) is 1. The summed E-state index contributed by atoms with van der Waals surface area (Å²) in [6.07, 6.45) is 0.784. The lowest BCUT2D eigenvalue weighted by molar-refractivity contribution is -0.125. The Kier molecular flexibility index (Phi) is 5.60. The molecule has 1 aromatic carbocycles. The SMILES string of the molecule is CC(C)Oc1ccccc1CC(Br)C(=O)C(C)(C)C. The molecule has 2 nitrogen and oxygen atoms in total. The van der Waals surface area contributed by atoms with Gasteiger partial charge in [-0.25, -0.2) is 0 Å². The second-order valence-corrected chi connectivity index (χ2v) is 7.17. The molecule has 1 aromatic rings. The van der Waals surface area contributed by atoms with Crippen molar-refractivity contribution in [3.05, 3.63) is 29.8 Å². The maximum atomic E-state index is 12.2. The molecule has 0 radical (unpaired) electrons. The molecule has 0 aliphatic heterocycles. The molecule has 0 saturated carbocycles. The van der Waals surface area contributed by atoms with Crippen LogP contribution in [-0.4, -0.2) is 16.7 Å². The normalized spacial score (nSPS) is 13.4. The van der Waals surface area contributed by atoms with Crippen LogP contribution in [0.1, 0.15) is 40.2 Å². The molecule has 0 amide bonds. The van der Waals surface area contributed by atoms with Crippen LogP contribution < -0.4 is 4.74 Å². The average molecular weight is 327 g/mol. The zero-order chi connectivity index (χ0) is 14.6. The minimum absolute atomic E-state index is 0.133. The number of benzene rings is 1. The summed E-state index contributed by atoms with van der Waals surface area (Å²) < 4.78 is 5.78. The van der Waals surface area contributed by atoms with Crippen molar-refractivity contribution in [2.45, 2.75) is 52.0 Å². The van der Waals surface area contributed by atoms with Crippen LogP contribution in [0.15, 0.2) is 24.3 Å². The number of ketones is 1. The standard InChI is InChI=1S/C16H23BrO2/c1-11(2)19-14-9-7-6-8-12(14)10-13(17)15(18)16(3,4)5/h6-9,11,13H,10H2,1-5H3. The Morgan fingerprint density at radius 1 is 1.26 bits per heavy atom. The zero-order valence-corrected chi connectivity index (χ0v) is 14.0. The minimum Gasteiger partial charge on any atom is -0.491 e. The van der Waals surface area contributed by atoms with Crippen LogP contribution in [0.25, 0.3) is 0 Å². The summed E-state index contributed by atoms with van der Waals surface area (Å²) in [7, 11) is 0. The van der Waals surface area contributed by atoms with Crippen molar-refractivity contribution in [2.24, 2.45) is 5.41 Å². The summed E-state index contributed by atoms with van der Waals surface area (Å²) in [5, 5.41) is 0. The number of carbonyl (C=O) groups excluding carboxylic acids is 1. The van der Waals surface area contributed by atoms with Gasteiger partial charge in [-0.15, -0.1) is 0 Å². The lowest BCUT2D eigenvalue weighted by Gasteiger charge is -2.22. The van der Waals surface area contributed by atoms with Crippen molar-refractivity contribution in [1.82, 2.24) is 0 Å². The quantitative estimate of drug-likeness (QED) is 0.750.